The number of aromatic nitrogens is 4. The predicted octanol–water partition coefficient (Wildman–Crippen LogP) is 2.07. The van der Waals surface area contributed by atoms with E-state index < -0.39 is 11.2 Å². The van der Waals surface area contributed by atoms with Gasteiger partial charge in [0.25, 0.3) is 5.56 Å². The Morgan fingerprint density at radius 1 is 1.17 bits per heavy atom. The number of fused-ring (bicyclic) bond motifs is 1. The Morgan fingerprint density at radius 2 is 1.91 bits per heavy atom. The SMILES string of the molecule is Cc1cnc2cc(C(C)(C)C)cc(-n3ccc(=O)[nH]c3=O)c2n1. The number of aromatic amines is 1. The maximum Gasteiger partial charge on any atom is 0.332 e. The first-order chi connectivity index (χ1) is 10.8. The lowest BCUT2D eigenvalue weighted by Gasteiger charge is -2.21. The summed E-state index contributed by atoms with van der Waals surface area (Å²) in [6, 6.07) is 5.23. The second-order valence-corrected chi connectivity index (χ2v) is 6.60. The fraction of sp³-hybridized carbons (Fsp3) is 0.294. The van der Waals surface area contributed by atoms with Crippen LogP contribution in [0.1, 0.15) is 32.0 Å². The molecule has 1 aromatic carbocycles. The van der Waals surface area contributed by atoms with Crippen molar-refractivity contribution in [2.24, 2.45) is 0 Å². The summed E-state index contributed by atoms with van der Waals surface area (Å²) in [5.74, 6) is 0. The van der Waals surface area contributed by atoms with Gasteiger partial charge in [-0.15, -0.1) is 0 Å². The summed E-state index contributed by atoms with van der Waals surface area (Å²) in [6.45, 7) is 8.13. The van der Waals surface area contributed by atoms with E-state index in [0.29, 0.717) is 11.2 Å². The number of nitrogens with zero attached hydrogens (tertiary/aromatic N) is 3. The molecule has 0 amide bonds. The number of H-pyrrole nitrogens is 1. The molecule has 1 N–H and O–H groups in total. The molecule has 6 heteroatoms. The zero-order valence-corrected chi connectivity index (χ0v) is 13.5. The maximum atomic E-state index is 12.2. The highest BCUT2D eigenvalue weighted by molar-refractivity contribution is 5.84. The van der Waals surface area contributed by atoms with Gasteiger partial charge in [0.2, 0.25) is 0 Å². The van der Waals surface area contributed by atoms with Crippen LogP contribution in [-0.4, -0.2) is 19.5 Å². The molecule has 6 nitrogen and oxygen atoms in total. The standard InChI is InChI=1S/C17H18N4O2/c1-10-9-18-12-7-11(17(2,3)4)8-13(15(12)19-10)21-6-5-14(22)20-16(21)23/h5-9H,1-4H3,(H,20,22,23). The number of aryl methyl sites for hydroxylation is 1. The van der Waals surface area contributed by atoms with Gasteiger partial charge in [0.05, 0.1) is 16.9 Å². The third kappa shape index (κ3) is 2.79. The van der Waals surface area contributed by atoms with Crippen molar-refractivity contribution in [2.45, 2.75) is 33.1 Å². The lowest BCUT2D eigenvalue weighted by molar-refractivity contribution is 0.590. The number of nitrogens with one attached hydrogen (secondary N) is 1. The van der Waals surface area contributed by atoms with Gasteiger partial charge in [0.1, 0.15) is 5.52 Å². The average molecular weight is 310 g/mol. The molecular weight excluding hydrogens is 292 g/mol. The Balaban J connectivity index is 2.43. The fourth-order valence-corrected chi connectivity index (χ4v) is 2.41. The summed E-state index contributed by atoms with van der Waals surface area (Å²) in [7, 11) is 0. The van der Waals surface area contributed by atoms with E-state index in [-0.39, 0.29) is 5.41 Å². The smallest absolute Gasteiger partial charge is 0.274 e. The third-order valence-corrected chi connectivity index (χ3v) is 3.70. The molecule has 0 bridgehead atoms. The van der Waals surface area contributed by atoms with Gasteiger partial charge in [-0.25, -0.2) is 9.78 Å². The molecule has 118 valence electrons. The normalized spacial score (nSPS) is 11.8. The molecule has 3 aromatic rings. The molecule has 0 aliphatic rings. The van der Waals surface area contributed by atoms with E-state index in [0.717, 1.165) is 16.8 Å². The Kier molecular flexibility index (Phi) is 3.39. The molecule has 0 aliphatic heterocycles. The molecule has 0 atom stereocenters. The molecule has 0 radical (unpaired) electrons. The van der Waals surface area contributed by atoms with Crippen LogP contribution in [0.2, 0.25) is 0 Å². The first-order valence-electron chi connectivity index (χ1n) is 7.36. The van der Waals surface area contributed by atoms with Gasteiger partial charge in [-0.2, -0.15) is 0 Å². The molecule has 0 unspecified atom stereocenters. The summed E-state index contributed by atoms with van der Waals surface area (Å²) in [5, 5.41) is 0. The van der Waals surface area contributed by atoms with Crippen molar-refractivity contribution in [2.75, 3.05) is 0 Å². The van der Waals surface area contributed by atoms with Crippen LogP contribution in [0.5, 0.6) is 0 Å². The van der Waals surface area contributed by atoms with Crippen molar-refractivity contribution < 1.29 is 0 Å². The van der Waals surface area contributed by atoms with E-state index in [9.17, 15) is 9.59 Å². The van der Waals surface area contributed by atoms with Gasteiger partial charge in [0.15, 0.2) is 0 Å². The molecule has 2 heterocycles. The number of hydrogen-bond acceptors (Lipinski definition) is 4. The molecule has 3 rings (SSSR count). The van der Waals surface area contributed by atoms with Crippen molar-refractivity contribution >= 4 is 11.0 Å². The van der Waals surface area contributed by atoms with Crippen LogP contribution in [0.15, 0.2) is 40.2 Å². The highest BCUT2D eigenvalue weighted by atomic mass is 16.2. The second-order valence-electron chi connectivity index (χ2n) is 6.60. The van der Waals surface area contributed by atoms with Crippen molar-refractivity contribution in [1.29, 1.82) is 0 Å². The van der Waals surface area contributed by atoms with E-state index in [1.807, 2.05) is 19.1 Å². The Bertz CT molecular complexity index is 1010. The molecular formula is C17H18N4O2. The quantitative estimate of drug-likeness (QED) is 0.746. The molecule has 23 heavy (non-hydrogen) atoms. The molecule has 0 fully saturated rings. The summed E-state index contributed by atoms with van der Waals surface area (Å²) < 4.78 is 1.40. The maximum absolute atomic E-state index is 12.2. The van der Waals surface area contributed by atoms with Crippen LogP contribution in [0.3, 0.4) is 0 Å². The second kappa shape index (κ2) is 5.15. The lowest BCUT2D eigenvalue weighted by Crippen LogP contribution is -2.28. The summed E-state index contributed by atoms with van der Waals surface area (Å²) in [6.07, 6.45) is 3.17. The first kappa shape index (κ1) is 15.1. The van der Waals surface area contributed by atoms with Crippen molar-refractivity contribution in [3.8, 4) is 5.69 Å². The molecule has 2 aromatic heterocycles. The van der Waals surface area contributed by atoms with E-state index >= 15 is 0 Å². The monoisotopic (exact) mass is 310 g/mol. The largest absolute Gasteiger partial charge is 0.332 e. The van der Waals surface area contributed by atoms with Gasteiger partial charge >= 0.3 is 5.69 Å². The van der Waals surface area contributed by atoms with Crippen LogP contribution in [0.25, 0.3) is 16.7 Å². The lowest BCUT2D eigenvalue weighted by atomic mass is 9.86. The third-order valence-electron chi connectivity index (χ3n) is 3.70. The van der Waals surface area contributed by atoms with Crippen molar-refractivity contribution in [3.63, 3.8) is 0 Å². The van der Waals surface area contributed by atoms with E-state index in [4.69, 9.17) is 0 Å². The van der Waals surface area contributed by atoms with Crippen LogP contribution < -0.4 is 11.2 Å². The Morgan fingerprint density at radius 3 is 2.57 bits per heavy atom. The van der Waals surface area contributed by atoms with Crippen LogP contribution in [-0.2, 0) is 5.41 Å². The molecule has 0 spiro atoms. The Hall–Kier alpha value is -2.76. The number of hydrogen-bond donors (Lipinski definition) is 1. The van der Waals surface area contributed by atoms with Crippen molar-refractivity contribution in [1.82, 2.24) is 19.5 Å². The number of rotatable bonds is 1. The van der Waals surface area contributed by atoms with Crippen LogP contribution in [0.4, 0.5) is 0 Å². The minimum Gasteiger partial charge on any atom is -0.274 e. The zero-order chi connectivity index (χ0) is 16.8. The van der Waals surface area contributed by atoms with Crippen LogP contribution in [0, 0.1) is 6.92 Å². The van der Waals surface area contributed by atoms with Crippen molar-refractivity contribution in [3.05, 3.63) is 62.7 Å². The van der Waals surface area contributed by atoms with Gasteiger partial charge in [-0.05, 0) is 30.0 Å². The predicted molar refractivity (Wildman–Crippen MR) is 89.2 cm³/mol. The minimum atomic E-state index is -0.492. The molecule has 0 aliphatic carbocycles. The topological polar surface area (TPSA) is 80.6 Å². The van der Waals surface area contributed by atoms with Gasteiger partial charge in [-0.1, -0.05) is 20.8 Å². The average Bonchev–Trinajstić information content (AvgIpc) is 2.45. The molecule has 0 saturated carbocycles. The minimum absolute atomic E-state index is 0.110. The van der Waals surface area contributed by atoms with E-state index in [1.54, 1.807) is 6.20 Å². The zero-order valence-electron chi connectivity index (χ0n) is 13.5. The molecule has 0 saturated heterocycles. The fourth-order valence-electron chi connectivity index (χ4n) is 2.41. The Labute approximate surface area is 132 Å². The highest BCUT2D eigenvalue weighted by Crippen LogP contribution is 2.28. The van der Waals surface area contributed by atoms with E-state index in [2.05, 4.69) is 35.7 Å². The highest BCUT2D eigenvalue weighted by Gasteiger charge is 2.18. The summed E-state index contributed by atoms with van der Waals surface area (Å²) >= 11 is 0. The van der Waals surface area contributed by atoms with Gasteiger partial charge < -0.3 is 0 Å². The van der Waals surface area contributed by atoms with Gasteiger partial charge in [-0.3, -0.25) is 19.3 Å². The summed E-state index contributed by atoms with van der Waals surface area (Å²) in [5.41, 5.74) is 2.74. The first-order valence-corrected chi connectivity index (χ1v) is 7.36. The summed E-state index contributed by atoms with van der Waals surface area (Å²) in [4.78, 5) is 34.8. The van der Waals surface area contributed by atoms with E-state index in [1.165, 1.54) is 16.8 Å². The number of benzene rings is 1. The van der Waals surface area contributed by atoms with Crippen LogP contribution >= 0.6 is 0 Å². The van der Waals surface area contributed by atoms with Gasteiger partial charge in [0, 0.05) is 18.5 Å².